The summed E-state index contributed by atoms with van der Waals surface area (Å²) in [6.45, 7) is 9.81. The molecule has 146 valence electrons. The Kier molecular flexibility index (Phi) is 6.85. The Morgan fingerprint density at radius 1 is 1.30 bits per heavy atom. The molecule has 0 saturated carbocycles. The van der Waals surface area contributed by atoms with E-state index in [-0.39, 0.29) is 12.0 Å². The van der Waals surface area contributed by atoms with Gasteiger partial charge in [-0.3, -0.25) is 4.79 Å². The van der Waals surface area contributed by atoms with Gasteiger partial charge in [-0.05, 0) is 58.8 Å². The molecule has 1 aromatic heterocycles. The van der Waals surface area contributed by atoms with Crippen LogP contribution in [0.5, 0.6) is 5.75 Å². The quantitative estimate of drug-likeness (QED) is 0.776. The second kappa shape index (κ2) is 9.33. The highest BCUT2D eigenvalue weighted by Crippen LogP contribution is 2.30. The first-order valence-corrected chi connectivity index (χ1v) is 10.6. The van der Waals surface area contributed by atoms with Crippen LogP contribution in [0.25, 0.3) is 10.6 Å². The van der Waals surface area contributed by atoms with Crippen molar-refractivity contribution in [2.24, 2.45) is 0 Å². The summed E-state index contributed by atoms with van der Waals surface area (Å²) in [7, 11) is 0. The molecule has 27 heavy (non-hydrogen) atoms. The minimum Gasteiger partial charge on any atom is -0.491 e. The molecule has 1 aliphatic heterocycles. The number of carbonyl (C=O) groups excluding carboxylic acids is 1. The summed E-state index contributed by atoms with van der Waals surface area (Å²) < 4.78 is 5.76. The van der Waals surface area contributed by atoms with Crippen LogP contribution in [-0.2, 0) is 0 Å². The number of piperidine rings is 1. The maximum absolute atomic E-state index is 12.6. The van der Waals surface area contributed by atoms with Gasteiger partial charge in [-0.2, -0.15) is 0 Å². The van der Waals surface area contributed by atoms with Crippen LogP contribution in [0.15, 0.2) is 24.3 Å². The van der Waals surface area contributed by atoms with Crippen molar-refractivity contribution in [3.05, 3.63) is 34.8 Å². The van der Waals surface area contributed by atoms with Gasteiger partial charge in [0.1, 0.15) is 15.6 Å². The lowest BCUT2D eigenvalue weighted by Crippen LogP contribution is -2.37. The number of aryl methyl sites for hydroxylation is 1. The number of hydrogen-bond donors (Lipinski definition) is 1. The molecular weight excluding hydrogens is 358 g/mol. The van der Waals surface area contributed by atoms with E-state index in [1.165, 1.54) is 30.6 Å². The first-order valence-electron chi connectivity index (χ1n) is 9.78. The van der Waals surface area contributed by atoms with Crippen molar-refractivity contribution >= 4 is 17.2 Å². The zero-order valence-corrected chi connectivity index (χ0v) is 17.3. The van der Waals surface area contributed by atoms with Crippen molar-refractivity contribution in [3.8, 4) is 16.3 Å². The third-order valence-electron chi connectivity index (χ3n) is 4.62. The molecule has 0 unspecified atom stereocenters. The molecule has 2 aromatic rings. The summed E-state index contributed by atoms with van der Waals surface area (Å²) in [5.74, 6) is 0.797. The second-order valence-corrected chi connectivity index (χ2v) is 8.29. The number of nitrogens with zero attached hydrogens (tertiary/aromatic N) is 2. The first-order chi connectivity index (χ1) is 13.0. The minimum atomic E-state index is -0.0251. The Balaban J connectivity index is 1.62. The topological polar surface area (TPSA) is 54.5 Å². The molecule has 6 heteroatoms. The van der Waals surface area contributed by atoms with Gasteiger partial charge in [0.2, 0.25) is 0 Å². The number of ether oxygens (including phenoxy) is 1. The molecule has 2 heterocycles. The van der Waals surface area contributed by atoms with Gasteiger partial charge in [-0.1, -0.05) is 18.6 Å². The summed E-state index contributed by atoms with van der Waals surface area (Å²) in [5, 5.41) is 3.90. The fourth-order valence-corrected chi connectivity index (χ4v) is 4.27. The van der Waals surface area contributed by atoms with E-state index in [0.29, 0.717) is 11.4 Å². The fraction of sp³-hybridized carbons (Fsp3) is 0.524. The highest BCUT2D eigenvalue weighted by molar-refractivity contribution is 7.17. The first kappa shape index (κ1) is 19.8. The Hall–Kier alpha value is -1.92. The number of thiazole rings is 1. The predicted octanol–water partition coefficient (Wildman–Crippen LogP) is 4.12. The van der Waals surface area contributed by atoms with Crippen LogP contribution in [0.4, 0.5) is 0 Å². The number of rotatable bonds is 7. The third-order valence-corrected chi connectivity index (χ3v) is 5.82. The zero-order valence-electron chi connectivity index (χ0n) is 16.5. The van der Waals surface area contributed by atoms with Gasteiger partial charge in [0.25, 0.3) is 5.91 Å². The van der Waals surface area contributed by atoms with Gasteiger partial charge in [0, 0.05) is 18.7 Å². The largest absolute Gasteiger partial charge is 0.491 e. The molecule has 0 radical (unpaired) electrons. The van der Waals surface area contributed by atoms with E-state index >= 15 is 0 Å². The molecule has 0 atom stereocenters. The van der Waals surface area contributed by atoms with E-state index < -0.39 is 0 Å². The SMILES string of the molecule is Cc1nc(-c2cccc(OC(C)C)c2)sc1C(=O)NCCN1CCCCC1. The van der Waals surface area contributed by atoms with E-state index in [4.69, 9.17) is 4.74 Å². The number of aromatic nitrogens is 1. The molecule has 0 spiro atoms. The Morgan fingerprint density at radius 2 is 2.07 bits per heavy atom. The molecule has 5 nitrogen and oxygen atoms in total. The second-order valence-electron chi connectivity index (χ2n) is 7.29. The summed E-state index contributed by atoms with van der Waals surface area (Å²) in [6, 6.07) is 7.89. The smallest absolute Gasteiger partial charge is 0.263 e. The van der Waals surface area contributed by atoms with Gasteiger partial charge < -0.3 is 15.0 Å². The molecule has 1 fully saturated rings. The molecular formula is C21H29N3O2S. The molecule has 0 bridgehead atoms. The number of amides is 1. The van der Waals surface area contributed by atoms with E-state index in [1.54, 1.807) is 0 Å². The van der Waals surface area contributed by atoms with Crippen LogP contribution < -0.4 is 10.1 Å². The Morgan fingerprint density at radius 3 is 2.81 bits per heavy atom. The van der Waals surface area contributed by atoms with E-state index in [2.05, 4.69) is 15.2 Å². The maximum atomic E-state index is 12.6. The van der Waals surface area contributed by atoms with Crippen molar-refractivity contribution in [1.82, 2.24) is 15.2 Å². The number of hydrogen-bond acceptors (Lipinski definition) is 5. The van der Waals surface area contributed by atoms with Crippen LogP contribution in [0.1, 0.15) is 48.5 Å². The molecule has 1 amide bonds. The molecule has 3 rings (SSSR count). The van der Waals surface area contributed by atoms with Crippen molar-refractivity contribution in [1.29, 1.82) is 0 Å². The van der Waals surface area contributed by atoms with E-state index in [0.717, 1.165) is 41.6 Å². The van der Waals surface area contributed by atoms with E-state index in [9.17, 15) is 4.79 Å². The average molecular weight is 388 g/mol. The third kappa shape index (κ3) is 5.53. The maximum Gasteiger partial charge on any atom is 0.263 e. The average Bonchev–Trinajstić information content (AvgIpc) is 3.04. The Labute approximate surface area is 165 Å². The monoisotopic (exact) mass is 387 g/mol. The van der Waals surface area contributed by atoms with Crippen LogP contribution >= 0.6 is 11.3 Å². The summed E-state index contributed by atoms with van der Waals surface area (Å²) in [4.78, 5) is 20.3. The number of benzene rings is 1. The molecule has 1 saturated heterocycles. The highest BCUT2D eigenvalue weighted by atomic mass is 32.1. The lowest BCUT2D eigenvalue weighted by Gasteiger charge is -2.26. The molecule has 1 aliphatic rings. The van der Waals surface area contributed by atoms with Gasteiger partial charge in [-0.25, -0.2) is 4.98 Å². The van der Waals surface area contributed by atoms with Crippen molar-refractivity contribution in [2.75, 3.05) is 26.2 Å². The standard InChI is InChI=1S/C21H29N3O2S/c1-15(2)26-18-9-7-8-17(14-18)21-23-16(3)19(27-21)20(25)22-10-13-24-11-5-4-6-12-24/h7-9,14-15H,4-6,10-13H2,1-3H3,(H,22,25). The normalized spacial score (nSPS) is 15.1. The lowest BCUT2D eigenvalue weighted by atomic mass is 10.1. The van der Waals surface area contributed by atoms with E-state index in [1.807, 2.05) is 45.0 Å². The van der Waals surface area contributed by atoms with Crippen molar-refractivity contribution in [3.63, 3.8) is 0 Å². The van der Waals surface area contributed by atoms with Crippen molar-refractivity contribution in [2.45, 2.75) is 46.1 Å². The van der Waals surface area contributed by atoms with Crippen molar-refractivity contribution < 1.29 is 9.53 Å². The van der Waals surface area contributed by atoms with Gasteiger partial charge in [0.15, 0.2) is 0 Å². The highest BCUT2D eigenvalue weighted by Gasteiger charge is 2.17. The summed E-state index contributed by atoms with van der Waals surface area (Å²) in [6.07, 6.45) is 3.99. The van der Waals surface area contributed by atoms with Crippen LogP contribution in [-0.4, -0.2) is 48.1 Å². The molecule has 0 aliphatic carbocycles. The van der Waals surface area contributed by atoms with Crippen LogP contribution in [0, 0.1) is 6.92 Å². The molecule has 1 aromatic carbocycles. The summed E-state index contributed by atoms with van der Waals surface area (Å²) >= 11 is 1.44. The zero-order chi connectivity index (χ0) is 19.2. The van der Waals surface area contributed by atoms with Gasteiger partial charge >= 0.3 is 0 Å². The minimum absolute atomic E-state index is 0.0251. The number of nitrogens with one attached hydrogen (secondary N) is 1. The predicted molar refractivity (Wildman–Crippen MR) is 111 cm³/mol. The number of carbonyl (C=O) groups is 1. The Bertz CT molecular complexity index is 767. The lowest BCUT2D eigenvalue weighted by molar-refractivity contribution is 0.0950. The van der Waals surface area contributed by atoms with Crippen LogP contribution in [0.3, 0.4) is 0 Å². The number of likely N-dealkylation sites (tertiary alicyclic amines) is 1. The van der Waals surface area contributed by atoms with Gasteiger partial charge in [-0.15, -0.1) is 11.3 Å². The summed E-state index contributed by atoms with van der Waals surface area (Å²) in [5.41, 5.74) is 1.76. The fourth-order valence-electron chi connectivity index (χ4n) is 3.30. The molecule has 1 N–H and O–H groups in total. The van der Waals surface area contributed by atoms with Crippen LogP contribution in [0.2, 0.25) is 0 Å². The van der Waals surface area contributed by atoms with Gasteiger partial charge in [0.05, 0.1) is 11.8 Å².